The third kappa shape index (κ3) is 4.01. The molecule has 1 aliphatic carbocycles. The van der Waals surface area contributed by atoms with Crippen LogP contribution in [0.1, 0.15) is 28.0 Å². The molecule has 10 heteroatoms. The van der Waals surface area contributed by atoms with Gasteiger partial charge in [0.15, 0.2) is 0 Å². The Hall–Kier alpha value is -2.82. The Balaban J connectivity index is 1.42. The number of benzene rings is 1. The van der Waals surface area contributed by atoms with Gasteiger partial charge >= 0.3 is 6.03 Å². The number of urea groups is 1. The molecular weight excluding hydrogens is 446 g/mol. The van der Waals surface area contributed by atoms with E-state index in [1.54, 1.807) is 18.3 Å². The molecule has 3 aromatic rings. The van der Waals surface area contributed by atoms with Crippen LogP contribution < -0.4 is 10.0 Å². The van der Waals surface area contributed by atoms with Crippen LogP contribution in [0.2, 0.25) is 0 Å². The van der Waals surface area contributed by atoms with E-state index in [0.29, 0.717) is 17.9 Å². The Bertz CT molecular complexity index is 1290. The van der Waals surface area contributed by atoms with Crippen molar-refractivity contribution in [1.82, 2.24) is 19.6 Å². The van der Waals surface area contributed by atoms with Crippen molar-refractivity contribution in [2.75, 3.05) is 18.9 Å². The number of hydrogen-bond acceptors (Lipinski definition) is 7. The minimum Gasteiger partial charge on any atom is -0.306 e. The van der Waals surface area contributed by atoms with Crippen LogP contribution >= 0.6 is 11.3 Å². The lowest BCUT2D eigenvalue weighted by Crippen LogP contribution is -2.34. The van der Waals surface area contributed by atoms with Crippen molar-refractivity contribution in [3.63, 3.8) is 0 Å². The predicted molar refractivity (Wildman–Crippen MR) is 123 cm³/mol. The number of aryl methyl sites for hydroxylation is 1. The summed E-state index contributed by atoms with van der Waals surface area (Å²) in [6, 6.07) is 6.64. The second kappa shape index (κ2) is 8.27. The zero-order valence-electron chi connectivity index (χ0n) is 17.6. The number of nitrogens with zero attached hydrogens (tertiary/aromatic N) is 3. The number of amides is 2. The quantitative estimate of drug-likeness (QED) is 0.608. The summed E-state index contributed by atoms with van der Waals surface area (Å²) < 4.78 is 28.2. The lowest BCUT2D eigenvalue weighted by molar-refractivity contribution is 0.256. The average Bonchev–Trinajstić information content (AvgIpc) is 3.41. The number of nitrogens with one attached hydrogen (secondary N) is 2. The van der Waals surface area contributed by atoms with E-state index in [-0.39, 0.29) is 4.21 Å². The Morgan fingerprint density at radius 1 is 1.16 bits per heavy atom. The molecule has 5 rings (SSSR count). The number of thiophene rings is 1. The highest BCUT2D eigenvalue weighted by atomic mass is 32.2. The van der Waals surface area contributed by atoms with Gasteiger partial charge in [0, 0.05) is 29.7 Å². The Morgan fingerprint density at radius 2 is 2.03 bits per heavy atom. The zero-order chi connectivity index (χ0) is 22.3. The van der Waals surface area contributed by atoms with Crippen LogP contribution in [0.15, 0.2) is 41.0 Å². The summed E-state index contributed by atoms with van der Waals surface area (Å²) >= 11 is 1.24. The summed E-state index contributed by atoms with van der Waals surface area (Å²) in [4.78, 5) is 24.3. The van der Waals surface area contributed by atoms with Gasteiger partial charge in [0.1, 0.15) is 10.5 Å². The molecule has 2 aliphatic rings. The Kier molecular flexibility index (Phi) is 5.44. The molecule has 3 heterocycles. The number of anilines is 1. The van der Waals surface area contributed by atoms with Gasteiger partial charge in [-0.3, -0.25) is 0 Å². The van der Waals surface area contributed by atoms with Crippen molar-refractivity contribution < 1.29 is 13.2 Å². The Morgan fingerprint density at radius 3 is 2.84 bits per heavy atom. The summed E-state index contributed by atoms with van der Waals surface area (Å²) in [6.07, 6.45) is 6.65. The van der Waals surface area contributed by atoms with Crippen LogP contribution in [0.5, 0.6) is 0 Å². The first kappa shape index (κ1) is 21.0. The molecule has 1 aliphatic heterocycles. The molecule has 8 nitrogen and oxygen atoms in total. The first-order chi connectivity index (χ1) is 15.4. The molecule has 2 aromatic heterocycles. The fourth-order valence-electron chi connectivity index (χ4n) is 4.36. The molecule has 0 fully saturated rings. The monoisotopic (exact) mass is 469 g/mol. The number of sulfonamides is 1. The largest absolute Gasteiger partial charge is 0.333 e. The second-order valence-corrected chi connectivity index (χ2v) is 11.2. The third-order valence-corrected chi connectivity index (χ3v) is 8.95. The van der Waals surface area contributed by atoms with E-state index in [4.69, 9.17) is 0 Å². The van der Waals surface area contributed by atoms with Crippen molar-refractivity contribution in [1.29, 1.82) is 0 Å². The summed E-state index contributed by atoms with van der Waals surface area (Å²) in [7, 11) is -1.96. The van der Waals surface area contributed by atoms with E-state index in [1.165, 1.54) is 17.7 Å². The van der Waals surface area contributed by atoms with E-state index in [0.717, 1.165) is 59.4 Å². The van der Waals surface area contributed by atoms with Crippen LogP contribution in [0.25, 0.3) is 11.3 Å². The smallest absolute Gasteiger partial charge is 0.306 e. The molecular formula is C22H23N5O3S2. The van der Waals surface area contributed by atoms with Gasteiger partial charge in [-0.1, -0.05) is 12.1 Å². The van der Waals surface area contributed by atoms with E-state index in [1.807, 2.05) is 19.2 Å². The molecule has 0 bridgehead atoms. The van der Waals surface area contributed by atoms with E-state index in [2.05, 4.69) is 24.9 Å². The molecule has 1 aromatic carbocycles. The molecule has 0 radical (unpaired) electrons. The van der Waals surface area contributed by atoms with Gasteiger partial charge in [-0.25, -0.2) is 27.9 Å². The van der Waals surface area contributed by atoms with E-state index >= 15 is 0 Å². The van der Waals surface area contributed by atoms with Gasteiger partial charge in [-0.2, -0.15) is 0 Å². The molecule has 0 unspecified atom stereocenters. The van der Waals surface area contributed by atoms with Gasteiger partial charge in [0.05, 0.1) is 11.4 Å². The van der Waals surface area contributed by atoms with Crippen molar-refractivity contribution >= 4 is 33.1 Å². The van der Waals surface area contributed by atoms with Gasteiger partial charge < -0.3 is 10.2 Å². The number of fused-ring (bicyclic) bond motifs is 2. The maximum absolute atomic E-state index is 12.9. The Labute approximate surface area is 190 Å². The summed E-state index contributed by atoms with van der Waals surface area (Å²) in [5, 5.41) is 2.81. The molecule has 0 saturated heterocycles. The highest BCUT2D eigenvalue weighted by molar-refractivity contribution is 7.92. The van der Waals surface area contributed by atoms with Crippen LogP contribution in [0.4, 0.5) is 10.5 Å². The molecule has 0 atom stereocenters. The zero-order valence-corrected chi connectivity index (χ0v) is 19.2. The molecule has 0 saturated carbocycles. The number of hydrogen-bond donors (Lipinski definition) is 2. The fourth-order valence-corrected chi connectivity index (χ4v) is 6.81. The number of carbonyl (C=O) groups is 1. The minimum absolute atomic E-state index is 0.169. The van der Waals surface area contributed by atoms with Crippen LogP contribution in [-0.2, 0) is 35.8 Å². The number of rotatable bonds is 4. The number of aromatic nitrogens is 2. The molecule has 0 spiro atoms. The highest BCUT2D eigenvalue weighted by Gasteiger charge is 2.26. The number of likely N-dealkylation sites (N-methyl/N-ethyl adjacent to an activating group) is 1. The van der Waals surface area contributed by atoms with Gasteiger partial charge in [0.2, 0.25) is 0 Å². The lowest BCUT2D eigenvalue weighted by Gasteiger charge is -2.21. The minimum atomic E-state index is -3.97. The predicted octanol–water partition coefficient (Wildman–Crippen LogP) is 3.19. The van der Waals surface area contributed by atoms with Crippen molar-refractivity contribution in [3.05, 3.63) is 58.4 Å². The van der Waals surface area contributed by atoms with E-state index < -0.39 is 16.1 Å². The SMILES string of the molecule is CN1CCc2sc(S(=O)(=O)NC(=O)Nc3c(-c4ccncn4)ccc4c3CCC4)cc2C1. The maximum Gasteiger partial charge on any atom is 0.333 e. The maximum atomic E-state index is 12.9. The standard InChI is InChI=1S/C22H23N5O3S2/c1-27-10-8-19-15(12-27)11-20(31-19)32(29,30)26-22(28)25-21-16-4-2-3-14(16)5-6-17(21)18-7-9-23-13-24-18/h5-7,9,11,13H,2-4,8,10,12H2,1H3,(H2,25,26,28). The van der Waals surface area contributed by atoms with Crippen LogP contribution in [0, 0.1) is 0 Å². The number of carbonyl (C=O) groups excluding carboxylic acids is 1. The lowest BCUT2D eigenvalue weighted by atomic mass is 10.0. The van der Waals surface area contributed by atoms with Gasteiger partial charge in [-0.05, 0) is 61.6 Å². The molecule has 2 N–H and O–H groups in total. The molecule has 2 amide bonds. The fraction of sp³-hybridized carbons (Fsp3) is 0.318. The van der Waals surface area contributed by atoms with Gasteiger partial charge in [0.25, 0.3) is 10.0 Å². The normalized spacial score (nSPS) is 15.8. The van der Waals surface area contributed by atoms with Crippen molar-refractivity contribution in [2.45, 2.75) is 36.4 Å². The summed E-state index contributed by atoms with van der Waals surface area (Å²) in [5.74, 6) is 0. The van der Waals surface area contributed by atoms with Gasteiger partial charge in [-0.15, -0.1) is 11.3 Å². The average molecular weight is 470 g/mol. The molecule has 32 heavy (non-hydrogen) atoms. The molecule has 166 valence electrons. The van der Waals surface area contributed by atoms with Crippen LogP contribution in [0.3, 0.4) is 0 Å². The van der Waals surface area contributed by atoms with Crippen molar-refractivity contribution in [2.24, 2.45) is 0 Å². The first-order valence-corrected chi connectivity index (χ1v) is 12.8. The first-order valence-electron chi connectivity index (χ1n) is 10.5. The van der Waals surface area contributed by atoms with Crippen molar-refractivity contribution in [3.8, 4) is 11.3 Å². The third-order valence-electron chi connectivity index (χ3n) is 5.91. The van der Waals surface area contributed by atoms with Crippen LogP contribution in [-0.4, -0.2) is 42.9 Å². The summed E-state index contributed by atoms with van der Waals surface area (Å²) in [6.45, 7) is 1.61. The second-order valence-electron chi connectivity index (χ2n) is 8.14. The van der Waals surface area contributed by atoms with E-state index in [9.17, 15) is 13.2 Å². The summed E-state index contributed by atoms with van der Waals surface area (Å²) in [5.41, 5.74) is 5.23. The highest BCUT2D eigenvalue weighted by Crippen LogP contribution is 2.37. The topological polar surface area (TPSA) is 104 Å².